The van der Waals surface area contributed by atoms with E-state index in [1.54, 1.807) is 65.8 Å². The minimum atomic E-state index is -0.987. The number of ether oxygens (including phenoxy) is 2. The van der Waals surface area contributed by atoms with Gasteiger partial charge in [0.05, 0.1) is 16.6 Å². The Hall–Kier alpha value is -4.41. The molecule has 3 rings (SSSR count). The van der Waals surface area contributed by atoms with E-state index in [-0.39, 0.29) is 22.5 Å². The van der Waals surface area contributed by atoms with Crippen molar-refractivity contribution in [3.63, 3.8) is 0 Å². The van der Waals surface area contributed by atoms with Gasteiger partial charge in [-0.3, -0.25) is 0 Å². The van der Waals surface area contributed by atoms with E-state index in [4.69, 9.17) is 25.4 Å². The molecule has 0 fully saturated rings. The van der Waals surface area contributed by atoms with Gasteiger partial charge in [0.2, 0.25) is 11.9 Å². The van der Waals surface area contributed by atoms with Crippen LogP contribution in [0, 0.1) is 0 Å². The summed E-state index contributed by atoms with van der Waals surface area (Å²) in [7, 11) is 0. The standard InChI is InChI=1S/C25H29N5O6/c1-24(2,3)35-22(32)29-21(27)30(23(33)36-25(4,5)6)16-11-12-17-18(13-16)28-19(34-20(17)31)14-7-9-15(26)10-8-14/h7-13H,26H2,1-6H3,(H2,27,29,32). The molecule has 36 heavy (non-hydrogen) atoms. The van der Waals surface area contributed by atoms with Gasteiger partial charge in [-0.05, 0) is 84.0 Å². The van der Waals surface area contributed by atoms with Gasteiger partial charge in [0.15, 0.2) is 0 Å². The van der Waals surface area contributed by atoms with Crippen LogP contribution < -0.4 is 22.0 Å². The second kappa shape index (κ2) is 9.68. The summed E-state index contributed by atoms with van der Waals surface area (Å²) in [6.07, 6.45) is -1.88. The number of rotatable bonds is 2. The Balaban J connectivity index is 2.12. The number of nitrogens with zero attached hydrogens (tertiary/aromatic N) is 3. The molecular formula is C25H29N5O6. The van der Waals surface area contributed by atoms with Crippen molar-refractivity contribution in [1.82, 2.24) is 4.98 Å². The van der Waals surface area contributed by atoms with Crippen LogP contribution in [-0.4, -0.2) is 34.3 Å². The first kappa shape index (κ1) is 26.2. The van der Waals surface area contributed by atoms with E-state index in [0.717, 1.165) is 4.90 Å². The Kier molecular flexibility index (Phi) is 7.05. The maximum atomic E-state index is 13.1. The average Bonchev–Trinajstić information content (AvgIpc) is 2.71. The molecule has 4 N–H and O–H groups in total. The number of carbonyl (C=O) groups excluding carboxylic acids is 2. The molecule has 0 bridgehead atoms. The van der Waals surface area contributed by atoms with Gasteiger partial charge < -0.3 is 25.4 Å². The fraction of sp³-hybridized carbons (Fsp3) is 0.320. The van der Waals surface area contributed by atoms with E-state index >= 15 is 0 Å². The van der Waals surface area contributed by atoms with Crippen LogP contribution in [0.15, 0.2) is 56.7 Å². The Morgan fingerprint density at radius 3 is 2.17 bits per heavy atom. The molecule has 2 aromatic carbocycles. The fourth-order valence-corrected chi connectivity index (χ4v) is 3.02. The minimum absolute atomic E-state index is 0.0591. The van der Waals surface area contributed by atoms with Gasteiger partial charge in [0.25, 0.3) is 0 Å². The highest BCUT2D eigenvalue weighted by Crippen LogP contribution is 2.25. The molecule has 1 heterocycles. The first-order valence-corrected chi connectivity index (χ1v) is 11.0. The third-order valence-electron chi connectivity index (χ3n) is 4.43. The molecule has 0 radical (unpaired) electrons. The highest BCUT2D eigenvalue weighted by molar-refractivity contribution is 6.15. The number of benzene rings is 2. The quantitative estimate of drug-likeness (QED) is 0.297. The van der Waals surface area contributed by atoms with E-state index in [2.05, 4.69) is 9.98 Å². The second-order valence-corrected chi connectivity index (χ2v) is 9.90. The van der Waals surface area contributed by atoms with Gasteiger partial charge in [0, 0.05) is 11.3 Å². The van der Waals surface area contributed by atoms with Crippen LogP contribution in [-0.2, 0) is 9.47 Å². The number of nitrogens with two attached hydrogens (primary N) is 2. The lowest BCUT2D eigenvalue weighted by atomic mass is 10.2. The SMILES string of the molecule is CC(C)(C)OC(=O)N=C(N)N(C(=O)OC(C)(C)C)c1ccc2c(=O)oc(-c3ccc(N)cc3)nc2c1. The molecule has 0 aliphatic heterocycles. The maximum absolute atomic E-state index is 13.1. The van der Waals surface area contributed by atoms with Crippen LogP contribution in [0.1, 0.15) is 41.5 Å². The van der Waals surface area contributed by atoms with Gasteiger partial charge in [-0.1, -0.05) is 0 Å². The zero-order valence-electron chi connectivity index (χ0n) is 21.0. The van der Waals surface area contributed by atoms with E-state index in [1.165, 1.54) is 18.2 Å². The second-order valence-electron chi connectivity index (χ2n) is 9.90. The van der Waals surface area contributed by atoms with Gasteiger partial charge in [0.1, 0.15) is 11.2 Å². The number of amides is 2. The number of carbonyl (C=O) groups is 2. The highest BCUT2D eigenvalue weighted by atomic mass is 16.6. The summed E-state index contributed by atoms with van der Waals surface area (Å²) in [6.45, 7) is 10.0. The lowest BCUT2D eigenvalue weighted by molar-refractivity contribution is 0.0601. The van der Waals surface area contributed by atoms with Crippen molar-refractivity contribution in [3.8, 4) is 11.5 Å². The van der Waals surface area contributed by atoms with Crippen molar-refractivity contribution in [2.45, 2.75) is 52.7 Å². The molecule has 0 spiro atoms. The molecule has 0 atom stereocenters. The Labute approximate surface area is 207 Å². The number of aromatic nitrogens is 1. The number of aliphatic imine (C=N–C) groups is 1. The summed E-state index contributed by atoms with van der Waals surface area (Å²) in [5.74, 6) is -0.427. The largest absolute Gasteiger partial charge is 0.443 e. The summed E-state index contributed by atoms with van der Waals surface area (Å²) < 4.78 is 16.0. The zero-order valence-corrected chi connectivity index (χ0v) is 21.0. The van der Waals surface area contributed by atoms with Gasteiger partial charge >= 0.3 is 17.8 Å². The van der Waals surface area contributed by atoms with E-state index in [9.17, 15) is 14.4 Å². The summed E-state index contributed by atoms with van der Waals surface area (Å²) in [6, 6.07) is 10.9. The molecular weight excluding hydrogens is 466 g/mol. The molecule has 3 aromatic rings. The van der Waals surface area contributed by atoms with Crippen LogP contribution >= 0.6 is 0 Å². The number of nitrogen functional groups attached to an aromatic ring is 1. The summed E-state index contributed by atoms with van der Waals surface area (Å²) >= 11 is 0. The van der Waals surface area contributed by atoms with Crippen LogP contribution in [0.2, 0.25) is 0 Å². The molecule has 2 amide bonds. The first-order valence-electron chi connectivity index (χ1n) is 11.0. The summed E-state index contributed by atoms with van der Waals surface area (Å²) in [4.78, 5) is 47.0. The molecule has 11 nitrogen and oxygen atoms in total. The van der Waals surface area contributed by atoms with Gasteiger partial charge in [-0.2, -0.15) is 0 Å². The molecule has 11 heteroatoms. The Morgan fingerprint density at radius 2 is 1.58 bits per heavy atom. The number of hydrogen-bond donors (Lipinski definition) is 2. The van der Waals surface area contributed by atoms with Crippen molar-refractivity contribution in [2.75, 3.05) is 10.6 Å². The number of hydrogen-bond acceptors (Lipinski definition) is 8. The van der Waals surface area contributed by atoms with E-state index in [1.807, 2.05) is 0 Å². The average molecular weight is 496 g/mol. The lowest BCUT2D eigenvalue weighted by Gasteiger charge is -2.27. The maximum Gasteiger partial charge on any atom is 0.437 e. The smallest absolute Gasteiger partial charge is 0.437 e. The van der Waals surface area contributed by atoms with Crippen LogP contribution in [0.4, 0.5) is 21.0 Å². The molecule has 0 saturated heterocycles. The van der Waals surface area contributed by atoms with Crippen molar-refractivity contribution in [1.29, 1.82) is 0 Å². The molecule has 190 valence electrons. The van der Waals surface area contributed by atoms with Crippen LogP contribution in [0.3, 0.4) is 0 Å². The van der Waals surface area contributed by atoms with E-state index in [0.29, 0.717) is 11.3 Å². The predicted molar refractivity (Wildman–Crippen MR) is 137 cm³/mol. The summed E-state index contributed by atoms with van der Waals surface area (Å²) in [5.41, 5.74) is 10.9. The topological polar surface area (TPSA) is 163 Å². The Bertz CT molecular complexity index is 1380. The normalized spacial score (nSPS) is 12.3. The van der Waals surface area contributed by atoms with Gasteiger partial charge in [-0.15, -0.1) is 4.99 Å². The van der Waals surface area contributed by atoms with Crippen LogP contribution in [0.5, 0.6) is 0 Å². The van der Waals surface area contributed by atoms with Crippen molar-refractivity contribution >= 4 is 40.4 Å². The summed E-state index contributed by atoms with van der Waals surface area (Å²) in [5, 5.41) is 0.171. The fourth-order valence-electron chi connectivity index (χ4n) is 3.02. The molecule has 0 unspecified atom stereocenters. The predicted octanol–water partition coefficient (Wildman–Crippen LogP) is 4.43. The van der Waals surface area contributed by atoms with Crippen molar-refractivity contribution in [3.05, 3.63) is 52.9 Å². The number of guanidine groups is 1. The third kappa shape index (κ3) is 6.59. The molecule has 0 aliphatic carbocycles. The number of anilines is 2. The highest BCUT2D eigenvalue weighted by Gasteiger charge is 2.28. The monoisotopic (exact) mass is 495 g/mol. The van der Waals surface area contributed by atoms with E-state index < -0.39 is 35.0 Å². The first-order chi connectivity index (χ1) is 16.6. The van der Waals surface area contributed by atoms with Crippen LogP contribution in [0.25, 0.3) is 22.4 Å². The number of fused-ring (bicyclic) bond motifs is 1. The lowest BCUT2D eigenvalue weighted by Crippen LogP contribution is -2.45. The Morgan fingerprint density at radius 1 is 0.972 bits per heavy atom. The van der Waals surface area contributed by atoms with Gasteiger partial charge in [-0.25, -0.2) is 24.3 Å². The van der Waals surface area contributed by atoms with Crippen molar-refractivity contribution in [2.24, 2.45) is 10.7 Å². The molecule has 1 aromatic heterocycles. The minimum Gasteiger partial charge on any atom is -0.443 e. The molecule has 0 saturated carbocycles. The zero-order chi connectivity index (χ0) is 26.8. The molecule has 0 aliphatic rings. The third-order valence-corrected chi connectivity index (χ3v) is 4.43. The van der Waals surface area contributed by atoms with Crippen molar-refractivity contribution < 1.29 is 23.5 Å².